The van der Waals surface area contributed by atoms with Gasteiger partial charge in [-0.3, -0.25) is 9.59 Å². The smallest absolute Gasteiger partial charge is 0.310 e. The van der Waals surface area contributed by atoms with Gasteiger partial charge in [0.1, 0.15) is 5.60 Å². The molecule has 120 valence electrons. The Bertz CT molecular complexity index is 552. The van der Waals surface area contributed by atoms with E-state index in [1.807, 2.05) is 51.1 Å². The Balaban J connectivity index is 2.24. The lowest BCUT2D eigenvalue weighted by atomic mass is 9.87. The van der Waals surface area contributed by atoms with E-state index in [2.05, 4.69) is 13.8 Å². The topological polar surface area (TPSA) is 43.4 Å². The number of rotatable bonds is 3. The first-order chi connectivity index (χ1) is 10.1. The molecular formula is C19H26O3. The summed E-state index contributed by atoms with van der Waals surface area (Å²) >= 11 is 0. The monoisotopic (exact) mass is 302 g/mol. The van der Waals surface area contributed by atoms with Gasteiger partial charge in [-0.05, 0) is 39.0 Å². The lowest BCUT2D eigenvalue weighted by Crippen LogP contribution is -2.33. The summed E-state index contributed by atoms with van der Waals surface area (Å²) in [5.41, 5.74) is 0.139. The highest BCUT2D eigenvalue weighted by Gasteiger charge is 2.47. The van der Waals surface area contributed by atoms with Crippen LogP contribution in [0.25, 0.3) is 0 Å². The van der Waals surface area contributed by atoms with Gasteiger partial charge < -0.3 is 4.74 Å². The molecule has 0 amide bonds. The average molecular weight is 302 g/mol. The van der Waals surface area contributed by atoms with Crippen LogP contribution >= 0.6 is 0 Å². The average Bonchev–Trinajstić information content (AvgIpc) is 2.73. The Labute approximate surface area is 133 Å². The number of hydrogen-bond donors (Lipinski definition) is 0. The first kappa shape index (κ1) is 16.7. The van der Waals surface area contributed by atoms with Crippen molar-refractivity contribution < 1.29 is 14.3 Å². The van der Waals surface area contributed by atoms with Crippen LogP contribution in [0.2, 0.25) is 0 Å². The van der Waals surface area contributed by atoms with E-state index in [-0.39, 0.29) is 29.0 Å². The maximum atomic E-state index is 12.8. The van der Waals surface area contributed by atoms with E-state index in [9.17, 15) is 9.59 Å². The first-order valence-electron chi connectivity index (χ1n) is 7.91. The number of ketones is 1. The number of carbonyl (C=O) groups excluding carboxylic acids is 2. The summed E-state index contributed by atoms with van der Waals surface area (Å²) in [4.78, 5) is 25.3. The van der Waals surface area contributed by atoms with Gasteiger partial charge in [-0.1, -0.05) is 44.2 Å². The largest absolute Gasteiger partial charge is 0.460 e. The zero-order valence-corrected chi connectivity index (χ0v) is 14.2. The highest BCUT2D eigenvalue weighted by Crippen LogP contribution is 2.47. The molecule has 0 saturated heterocycles. The second-order valence-corrected chi connectivity index (χ2v) is 8.05. The van der Waals surface area contributed by atoms with Gasteiger partial charge in [-0.15, -0.1) is 0 Å². The van der Waals surface area contributed by atoms with E-state index in [1.54, 1.807) is 0 Å². The normalized spacial score (nSPS) is 24.0. The number of ether oxygens (including phenoxy) is 1. The van der Waals surface area contributed by atoms with E-state index in [4.69, 9.17) is 4.74 Å². The zero-order chi connectivity index (χ0) is 16.5. The molecule has 1 saturated carbocycles. The molecule has 0 radical (unpaired) electrons. The van der Waals surface area contributed by atoms with E-state index in [0.717, 1.165) is 6.42 Å². The predicted octanol–water partition coefficient (Wildman–Crippen LogP) is 4.26. The fourth-order valence-corrected chi connectivity index (χ4v) is 3.28. The van der Waals surface area contributed by atoms with Crippen molar-refractivity contribution in [2.45, 2.75) is 53.1 Å². The van der Waals surface area contributed by atoms with Crippen LogP contribution in [0, 0.1) is 17.3 Å². The van der Waals surface area contributed by atoms with Crippen LogP contribution in [0.1, 0.15) is 57.8 Å². The Morgan fingerprint density at radius 2 is 1.59 bits per heavy atom. The Kier molecular flexibility index (Phi) is 4.46. The van der Waals surface area contributed by atoms with Crippen molar-refractivity contribution in [3.8, 4) is 0 Å². The van der Waals surface area contributed by atoms with E-state index in [0.29, 0.717) is 12.0 Å². The molecule has 3 nitrogen and oxygen atoms in total. The van der Waals surface area contributed by atoms with Gasteiger partial charge in [0.2, 0.25) is 0 Å². The second-order valence-electron chi connectivity index (χ2n) is 8.05. The molecule has 1 aromatic rings. The predicted molar refractivity (Wildman–Crippen MR) is 86.6 cm³/mol. The molecule has 0 aromatic heterocycles. The fourth-order valence-electron chi connectivity index (χ4n) is 3.28. The van der Waals surface area contributed by atoms with E-state index in [1.165, 1.54) is 0 Å². The van der Waals surface area contributed by atoms with E-state index < -0.39 is 5.60 Å². The third kappa shape index (κ3) is 3.96. The molecule has 0 aliphatic heterocycles. The van der Waals surface area contributed by atoms with Crippen molar-refractivity contribution in [1.82, 2.24) is 0 Å². The van der Waals surface area contributed by atoms with Crippen LogP contribution in [-0.4, -0.2) is 17.4 Å². The van der Waals surface area contributed by atoms with E-state index >= 15 is 0 Å². The van der Waals surface area contributed by atoms with Crippen LogP contribution in [0.3, 0.4) is 0 Å². The Morgan fingerprint density at radius 1 is 1.05 bits per heavy atom. The lowest BCUT2D eigenvalue weighted by Gasteiger charge is -2.24. The van der Waals surface area contributed by atoms with Crippen LogP contribution in [0.4, 0.5) is 0 Å². The van der Waals surface area contributed by atoms with Gasteiger partial charge in [0.25, 0.3) is 0 Å². The molecule has 1 aromatic carbocycles. The Morgan fingerprint density at radius 3 is 2.14 bits per heavy atom. The minimum Gasteiger partial charge on any atom is -0.460 e. The highest BCUT2D eigenvalue weighted by atomic mass is 16.6. The summed E-state index contributed by atoms with van der Waals surface area (Å²) in [5.74, 6) is -0.816. The number of benzene rings is 1. The third-order valence-electron chi connectivity index (χ3n) is 4.14. The molecule has 0 heterocycles. The van der Waals surface area contributed by atoms with Gasteiger partial charge in [-0.2, -0.15) is 0 Å². The molecule has 0 spiro atoms. The molecule has 3 heteroatoms. The standard InChI is InChI=1S/C19H26O3/c1-18(2,3)22-17(21)15-12-19(4,5)11-14(15)16(20)13-9-7-6-8-10-13/h6-10,14-15H,11-12H2,1-5H3/t14-,15-/m0/s1. The summed E-state index contributed by atoms with van der Waals surface area (Å²) in [6, 6.07) is 9.24. The number of esters is 1. The molecule has 1 fully saturated rings. The molecule has 0 N–H and O–H groups in total. The zero-order valence-electron chi connectivity index (χ0n) is 14.2. The van der Waals surface area contributed by atoms with Crippen molar-refractivity contribution in [3.05, 3.63) is 35.9 Å². The van der Waals surface area contributed by atoms with Crippen LogP contribution in [0.15, 0.2) is 30.3 Å². The van der Waals surface area contributed by atoms with Crippen molar-refractivity contribution in [2.75, 3.05) is 0 Å². The summed E-state index contributed by atoms with van der Waals surface area (Å²) in [6.45, 7) is 9.81. The van der Waals surface area contributed by atoms with Crippen LogP contribution in [0.5, 0.6) is 0 Å². The molecule has 22 heavy (non-hydrogen) atoms. The van der Waals surface area contributed by atoms with Gasteiger partial charge in [0.05, 0.1) is 5.92 Å². The first-order valence-corrected chi connectivity index (χ1v) is 7.91. The number of hydrogen-bond acceptors (Lipinski definition) is 3. The summed E-state index contributed by atoms with van der Waals surface area (Å²) in [6.07, 6.45) is 1.43. The van der Waals surface area contributed by atoms with Crippen molar-refractivity contribution in [2.24, 2.45) is 17.3 Å². The molecule has 0 unspecified atom stereocenters. The van der Waals surface area contributed by atoms with Crippen molar-refractivity contribution >= 4 is 11.8 Å². The van der Waals surface area contributed by atoms with Gasteiger partial charge in [0.15, 0.2) is 5.78 Å². The summed E-state index contributed by atoms with van der Waals surface area (Å²) in [5, 5.41) is 0. The second kappa shape index (κ2) is 5.86. The van der Waals surface area contributed by atoms with Crippen LogP contribution in [-0.2, 0) is 9.53 Å². The quantitative estimate of drug-likeness (QED) is 0.619. The third-order valence-corrected chi connectivity index (χ3v) is 4.14. The number of Topliss-reactive ketones (excluding diaryl/α,β-unsaturated/α-hetero) is 1. The molecule has 1 aliphatic carbocycles. The van der Waals surface area contributed by atoms with Crippen molar-refractivity contribution in [3.63, 3.8) is 0 Å². The summed E-state index contributed by atoms with van der Waals surface area (Å²) in [7, 11) is 0. The van der Waals surface area contributed by atoms with Gasteiger partial charge >= 0.3 is 5.97 Å². The van der Waals surface area contributed by atoms with Crippen molar-refractivity contribution in [1.29, 1.82) is 0 Å². The lowest BCUT2D eigenvalue weighted by molar-refractivity contribution is -0.161. The highest BCUT2D eigenvalue weighted by molar-refractivity contribution is 6.00. The minimum atomic E-state index is -0.524. The molecular weight excluding hydrogens is 276 g/mol. The minimum absolute atomic E-state index is 0.0172. The maximum Gasteiger partial charge on any atom is 0.310 e. The maximum absolute atomic E-state index is 12.8. The molecule has 1 aliphatic rings. The summed E-state index contributed by atoms with van der Waals surface area (Å²) < 4.78 is 5.54. The number of carbonyl (C=O) groups is 2. The molecule has 0 bridgehead atoms. The Hall–Kier alpha value is -1.64. The molecule has 2 atom stereocenters. The van der Waals surface area contributed by atoms with Gasteiger partial charge in [0, 0.05) is 11.5 Å². The SMILES string of the molecule is CC1(C)C[C@H](C(=O)OC(C)(C)C)[C@@H](C(=O)c2ccccc2)C1. The molecule has 2 rings (SSSR count). The van der Waals surface area contributed by atoms with Crippen LogP contribution < -0.4 is 0 Å². The van der Waals surface area contributed by atoms with Gasteiger partial charge in [-0.25, -0.2) is 0 Å². The fraction of sp³-hybridized carbons (Fsp3) is 0.579.